The summed E-state index contributed by atoms with van der Waals surface area (Å²) in [5.74, 6) is -0.0835. The Morgan fingerprint density at radius 2 is 0.771 bits per heavy atom. The molecule has 0 aliphatic rings. The summed E-state index contributed by atoms with van der Waals surface area (Å²) in [7, 11) is -6.80. The summed E-state index contributed by atoms with van der Waals surface area (Å²) in [5.41, 5.74) is -2.94. The first-order chi connectivity index (χ1) is 21.4. The topological polar surface area (TPSA) is 158 Å². The van der Waals surface area contributed by atoms with Crippen molar-refractivity contribution < 1.29 is 55.9 Å². The second-order valence-corrected chi connectivity index (χ2v) is 23.0. The molecule has 0 aromatic carbocycles. The summed E-state index contributed by atoms with van der Waals surface area (Å²) < 4.78 is 56.4. The van der Waals surface area contributed by atoms with Crippen LogP contribution >= 0.6 is 38.7 Å². The molecule has 0 rings (SSSR count). The van der Waals surface area contributed by atoms with Gasteiger partial charge in [0.1, 0.15) is 0 Å². The van der Waals surface area contributed by atoms with Gasteiger partial charge in [0, 0.05) is 22.3 Å². The Bertz CT molecular complexity index is 1050. The van der Waals surface area contributed by atoms with Crippen molar-refractivity contribution in [1.82, 2.24) is 0 Å². The lowest BCUT2D eigenvalue weighted by Gasteiger charge is -2.23. The molecule has 48 heavy (non-hydrogen) atoms. The third-order valence-electron chi connectivity index (χ3n) is 5.74. The zero-order valence-electron chi connectivity index (χ0n) is 32.0. The van der Waals surface area contributed by atoms with E-state index in [4.69, 9.17) is 27.6 Å². The molecule has 12 nitrogen and oxygen atoms in total. The van der Waals surface area contributed by atoms with Crippen molar-refractivity contribution in [3.63, 3.8) is 0 Å². The highest BCUT2D eigenvalue weighted by atomic mass is 32.2. The van der Waals surface area contributed by atoms with E-state index in [1.807, 2.05) is 41.5 Å². The molecule has 0 saturated carbocycles. The molecular weight excluding hydrogens is 702 g/mol. The van der Waals surface area contributed by atoms with Crippen LogP contribution in [0.1, 0.15) is 111 Å². The van der Waals surface area contributed by atoms with E-state index in [2.05, 4.69) is 0 Å². The van der Waals surface area contributed by atoms with Crippen LogP contribution in [0.4, 0.5) is 0 Å². The normalized spacial score (nSPS) is 13.2. The van der Waals surface area contributed by atoms with E-state index in [1.54, 1.807) is 69.2 Å². The molecule has 0 aliphatic heterocycles. The quantitative estimate of drug-likeness (QED) is 0.0635. The fourth-order valence-electron chi connectivity index (χ4n) is 2.44. The van der Waals surface area contributed by atoms with Gasteiger partial charge >= 0.3 is 27.1 Å². The maximum absolute atomic E-state index is 12.8. The molecule has 0 N–H and O–H groups in total. The zero-order chi connectivity index (χ0) is 38.4. The van der Waals surface area contributed by atoms with Crippen molar-refractivity contribution in [3.8, 4) is 0 Å². The van der Waals surface area contributed by atoms with E-state index in [0.29, 0.717) is 11.5 Å². The van der Waals surface area contributed by atoms with Gasteiger partial charge in [-0.1, -0.05) is 92.8 Å². The average molecular weight is 765 g/mol. The van der Waals surface area contributed by atoms with Gasteiger partial charge in [0.25, 0.3) is 0 Å². The number of carbonyl (C=O) groups is 4. The van der Waals surface area contributed by atoms with Crippen LogP contribution in [0.2, 0.25) is 0 Å². The van der Waals surface area contributed by atoms with Crippen molar-refractivity contribution in [1.29, 1.82) is 0 Å². The lowest BCUT2D eigenvalue weighted by molar-refractivity contribution is -0.162. The van der Waals surface area contributed by atoms with Crippen LogP contribution in [0.15, 0.2) is 0 Å². The Labute approximate surface area is 298 Å². The second-order valence-electron chi connectivity index (χ2n) is 15.6. The molecule has 0 heterocycles. The molecule has 284 valence electrons. The Hall–Kier alpha value is -0.720. The van der Waals surface area contributed by atoms with Crippen LogP contribution in [0.25, 0.3) is 0 Å². The molecule has 0 bridgehead atoms. The molecule has 0 unspecified atom stereocenters. The number of thioether (sulfide) groups is 2. The van der Waals surface area contributed by atoms with Gasteiger partial charge in [0.05, 0.1) is 35.4 Å². The fraction of sp³-hybridized carbons (Fsp3) is 0.875. The van der Waals surface area contributed by atoms with Crippen LogP contribution < -0.4 is 0 Å². The number of esters is 2. The second kappa shape index (κ2) is 21.0. The highest BCUT2D eigenvalue weighted by Gasteiger charge is 2.33. The molecule has 0 saturated heterocycles. The van der Waals surface area contributed by atoms with Gasteiger partial charge in [-0.25, -0.2) is 0 Å². The molecule has 0 spiro atoms. The summed E-state index contributed by atoms with van der Waals surface area (Å²) in [5, 5.41) is 0.155. The minimum Gasteiger partial charge on any atom is -0.438 e. The van der Waals surface area contributed by atoms with Crippen LogP contribution in [0.5, 0.6) is 0 Å². The Morgan fingerprint density at radius 3 is 1.00 bits per heavy atom. The van der Waals surface area contributed by atoms with Gasteiger partial charge in [0.15, 0.2) is 10.2 Å². The van der Waals surface area contributed by atoms with E-state index in [0.717, 1.165) is 0 Å². The molecular formula is C32H62O12P2S2. The lowest BCUT2D eigenvalue weighted by atomic mass is 9.98. The highest BCUT2D eigenvalue weighted by Crippen LogP contribution is 2.53. The number of carbonyl (C=O) groups excluding carboxylic acids is 4. The molecule has 0 amide bonds. The van der Waals surface area contributed by atoms with Gasteiger partial charge in [-0.3, -0.25) is 37.4 Å². The standard InChI is InChI=1S/C17H33O5PS2.C15H29O7P/c1-13(2)23(20,21-9-11-24-14(18)16(3,4)5)22-10-12-25-15(19)17(6,7)8;1-11(2)23(18,21-9-19-12(16)14(3,4)5)22-10-20-13(17)15(6,7)8/h13H,9-12H2,1-8H3;11H,9-10H2,1-8H3. The van der Waals surface area contributed by atoms with Crippen LogP contribution in [0, 0.1) is 21.7 Å². The molecule has 0 radical (unpaired) electrons. The first-order valence-corrected chi connectivity index (χ1v) is 21.1. The molecule has 0 aromatic rings. The largest absolute Gasteiger partial charge is 0.438 e. The predicted octanol–water partition coefficient (Wildman–Crippen LogP) is 8.95. The number of rotatable bonds is 16. The monoisotopic (exact) mass is 764 g/mol. The number of hydrogen-bond acceptors (Lipinski definition) is 14. The zero-order valence-corrected chi connectivity index (χ0v) is 35.4. The molecule has 0 atom stereocenters. The average Bonchev–Trinajstić information content (AvgIpc) is 2.91. The van der Waals surface area contributed by atoms with Gasteiger partial charge < -0.3 is 18.5 Å². The minimum absolute atomic E-state index is 0.0773. The third-order valence-corrected chi connectivity index (χ3v) is 12.8. The van der Waals surface area contributed by atoms with Crippen LogP contribution in [-0.2, 0) is 55.9 Å². The molecule has 0 aromatic heterocycles. The summed E-state index contributed by atoms with van der Waals surface area (Å²) in [6.45, 7) is 27.6. The maximum atomic E-state index is 12.8. The predicted molar refractivity (Wildman–Crippen MR) is 194 cm³/mol. The molecule has 0 aliphatic carbocycles. The molecule has 0 fully saturated rings. The third kappa shape index (κ3) is 20.8. The first-order valence-electron chi connectivity index (χ1n) is 15.9. The summed E-state index contributed by atoms with van der Waals surface area (Å²) in [6.07, 6.45) is 0. The van der Waals surface area contributed by atoms with Crippen LogP contribution in [-0.4, -0.2) is 71.8 Å². The maximum Gasteiger partial charge on any atom is 0.338 e. The highest BCUT2D eigenvalue weighted by molar-refractivity contribution is 8.14. The smallest absolute Gasteiger partial charge is 0.338 e. The van der Waals surface area contributed by atoms with E-state index in [9.17, 15) is 28.3 Å². The van der Waals surface area contributed by atoms with Gasteiger partial charge in [-0.2, -0.15) is 0 Å². The first kappa shape index (κ1) is 49.4. The summed E-state index contributed by atoms with van der Waals surface area (Å²) in [6, 6.07) is 0. The van der Waals surface area contributed by atoms with E-state index >= 15 is 0 Å². The van der Waals surface area contributed by atoms with Crippen molar-refractivity contribution in [2.45, 2.75) is 122 Å². The van der Waals surface area contributed by atoms with Gasteiger partial charge in [0.2, 0.25) is 13.6 Å². The Morgan fingerprint density at radius 1 is 0.500 bits per heavy atom. The lowest BCUT2D eigenvalue weighted by Crippen LogP contribution is -2.25. The fourth-order valence-corrected chi connectivity index (χ4v) is 6.69. The van der Waals surface area contributed by atoms with Crippen LogP contribution in [0.3, 0.4) is 0 Å². The van der Waals surface area contributed by atoms with Gasteiger partial charge in [-0.15, -0.1) is 0 Å². The Balaban J connectivity index is 0. The summed E-state index contributed by atoms with van der Waals surface area (Å²) >= 11 is 2.36. The number of ether oxygens (including phenoxy) is 2. The summed E-state index contributed by atoms with van der Waals surface area (Å²) in [4.78, 5) is 47.0. The number of hydrogen-bond donors (Lipinski definition) is 0. The SMILES string of the molecule is CC(C)P(=O)(OCCSC(=O)C(C)(C)C)OCCSC(=O)C(C)(C)C.CC(C)P(=O)(OCOC(=O)C(C)(C)C)OCOC(=O)C(C)(C)C. The van der Waals surface area contributed by atoms with E-state index < -0.39 is 68.0 Å². The van der Waals surface area contributed by atoms with Crippen molar-refractivity contribution in [2.24, 2.45) is 21.7 Å². The van der Waals surface area contributed by atoms with Crippen molar-refractivity contribution >= 4 is 60.9 Å². The minimum atomic E-state index is -3.56. The van der Waals surface area contributed by atoms with Crippen molar-refractivity contribution in [2.75, 3.05) is 38.3 Å². The van der Waals surface area contributed by atoms with Gasteiger partial charge in [-0.05, 0) is 41.5 Å². The van der Waals surface area contributed by atoms with E-state index in [-0.39, 0.29) is 29.1 Å². The molecule has 16 heteroatoms. The van der Waals surface area contributed by atoms with E-state index in [1.165, 1.54) is 23.5 Å². The van der Waals surface area contributed by atoms with Crippen molar-refractivity contribution in [3.05, 3.63) is 0 Å². The Kier molecular flexibility index (Phi) is 21.6.